The molecule has 0 N–H and O–H groups in total. The van der Waals surface area contributed by atoms with Crippen molar-refractivity contribution in [2.24, 2.45) is 0 Å². The Hall–Kier alpha value is -3.79. The van der Waals surface area contributed by atoms with Crippen LogP contribution in [0.4, 0.5) is 9.59 Å². The number of nitrogens with zero attached hydrogens (tertiary/aromatic N) is 2. The molecule has 0 heterocycles. The second kappa shape index (κ2) is 10.9. The molecule has 0 spiro atoms. The molecule has 0 unspecified atom stereocenters. The largest absolute Gasteiger partial charge is 0.534 e. The zero-order chi connectivity index (χ0) is 25.5. The van der Waals surface area contributed by atoms with Crippen LogP contribution in [-0.4, -0.2) is 34.6 Å². The highest BCUT2D eigenvalue weighted by atomic mass is 16.8. The van der Waals surface area contributed by atoms with Gasteiger partial charge < -0.3 is 9.47 Å². The molecule has 0 aliphatic heterocycles. The summed E-state index contributed by atoms with van der Waals surface area (Å²) in [6.45, 7) is 12.0. The van der Waals surface area contributed by atoms with Gasteiger partial charge in [-0.05, 0) is 83.4 Å². The molecule has 0 aliphatic rings. The Labute approximate surface area is 201 Å². The molecule has 0 radical (unpaired) electrons. The van der Waals surface area contributed by atoms with Crippen LogP contribution in [0.15, 0.2) is 54.6 Å². The first-order valence-corrected chi connectivity index (χ1v) is 11.0. The minimum absolute atomic E-state index is 0.598. The van der Waals surface area contributed by atoms with Gasteiger partial charge in [0.25, 0.3) is 0 Å². The number of carbonyl (C=O) groups is 2. The third-order valence-corrected chi connectivity index (χ3v) is 4.31. The van der Waals surface area contributed by atoms with E-state index in [1.165, 1.54) is 0 Å². The van der Waals surface area contributed by atoms with Crippen LogP contribution >= 0.6 is 0 Å². The Morgan fingerprint density at radius 3 is 2.12 bits per heavy atom. The summed E-state index contributed by atoms with van der Waals surface area (Å²) in [5, 5.41) is 9.85. The number of hydroxylamine groups is 2. The summed E-state index contributed by atoms with van der Waals surface area (Å²) in [6.07, 6.45) is 1.75. The SMILES string of the molecule is C[C@H](/C=C/c1cccc(-c2ccc(C#N)cc2)c1)N(OC(=O)OC(C)(C)C)C(=O)OC(C)(C)C. The van der Waals surface area contributed by atoms with Crippen molar-refractivity contribution in [1.29, 1.82) is 5.26 Å². The molecule has 0 bridgehead atoms. The quantitative estimate of drug-likeness (QED) is 0.368. The first-order chi connectivity index (χ1) is 15.8. The molecule has 7 heteroatoms. The van der Waals surface area contributed by atoms with Crippen molar-refractivity contribution in [2.45, 2.75) is 65.7 Å². The van der Waals surface area contributed by atoms with Crippen molar-refractivity contribution in [3.63, 3.8) is 0 Å². The van der Waals surface area contributed by atoms with E-state index >= 15 is 0 Å². The summed E-state index contributed by atoms with van der Waals surface area (Å²) in [6, 6.07) is 16.6. The molecule has 0 saturated carbocycles. The highest BCUT2D eigenvalue weighted by Gasteiger charge is 2.30. The number of nitriles is 1. The van der Waals surface area contributed by atoms with Crippen LogP contribution in [0.2, 0.25) is 0 Å². The lowest BCUT2D eigenvalue weighted by Gasteiger charge is -2.29. The Morgan fingerprint density at radius 2 is 1.56 bits per heavy atom. The highest BCUT2D eigenvalue weighted by Crippen LogP contribution is 2.22. The fourth-order valence-corrected chi connectivity index (χ4v) is 2.83. The van der Waals surface area contributed by atoms with E-state index in [1.807, 2.05) is 42.5 Å². The van der Waals surface area contributed by atoms with Crippen molar-refractivity contribution >= 4 is 18.3 Å². The van der Waals surface area contributed by atoms with E-state index in [4.69, 9.17) is 19.6 Å². The van der Waals surface area contributed by atoms with Crippen LogP contribution in [0.5, 0.6) is 0 Å². The molecule has 1 atom stereocenters. The maximum absolute atomic E-state index is 12.7. The molecule has 7 nitrogen and oxygen atoms in total. The third-order valence-electron chi connectivity index (χ3n) is 4.31. The number of amides is 1. The van der Waals surface area contributed by atoms with Gasteiger partial charge in [-0.15, -0.1) is 5.06 Å². The minimum atomic E-state index is -0.999. The van der Waals surface area contributed by atoms with E-state index < -0.39 is 29.5 Å². The average Bonchev–Trinajstić information content (AvgIpc) is 2.73. The predicted octanol–water partition coefficient (Wildman–Crippen LogP) is 6.73. The Kier molecular flexibility index (Phi) is 8.47. The van der Waals surface area contributed by atoms with Crippen LogP contribution in [0.1, 0.15) is 59.6 Å². The fraction of sp³-hybridized carbons (Fsp3) is 0.370. The first kappa shape index (κ1) is 26.5. The predicted molar refractivity (Wildman–Crippen MR) is 130 cm³/mol. The van der Waals surface area contributed by atoms with E-state index in [9.17, 15) is 9.59 Å². The zero-order valence-electron chi connectivity index (χ0n) is 20.8. The lowest BCUT2D eigenvalue weighted by molar-refractivity contribution is -0.145. The number of hydrogen-bond donors (Lipinski definition) is 0. The third kappa shape index (κ3) is 8.62. The van der Waals surface area contributed by atoms with Crippen LogP contribution in [0.25, 0.3) is 17.2 Å². The molecule has 0 saturated heterocycles. The second-order valence-electron chi connectivity index (χ2n) is 9.78. The molecule has 34 heavy (non-hydrogen) atoms. The van der Waals surface area contributed by atoms with Gasteiger partial charge >= 0.3 is 12.2 Å². The second-order valence-corrected chi connectivity index (χ2v) is 9.78. The van der Waals surface area contributed by atoms with E-state index in [0.29, 0.717) is 5.56 Å². The highest BCUT2D eigenvalue weighted by molar-refractivity contribution is 5.71. The number of ether oxygens (including phenoxy) is 2. The number of benzene rings is 2. The van der Waals surface area contributed by atoms with Gasteiger partial charge in [-0.2, -0.15) is 5.26 Å². The number of hydrogen-bond acceptors (Lipinski definition) is 6. The van der Waals surface area contributed by atoms with Crippen molar-refractivity contribution in [3.05, 3.63) is 65.7 Å². The first-order valence-electron chi connectivity index (χ1n) is 11.0. The topological polar surface area (TPSA) is 88.9 Å². The zero-order valence-corrected chi connectivity index (χ0v) is 20.8. The van der Waals surface area contributed by atoms with Gasteiger partial charge in [-0.1, -0.05) is 42.5 Å². The molecular formula is C27H32N2O5. The summed E-state index contributed by atoms with van der Waals surface area (Å²) in [4.78, 5) is 30.2. The summed E-state index contributed by atoms with van der Waals surface area (Å²) in [5.74, 6) is 0. The van der Waals surface area contributed by atoms with Crippen LogP contribution in [0.3, 0.4) is 0 Å². The lowest BCUT2D eigenvalue weighted by Crippen LogP contribution is -2.43. The monoisotopic (exact) mass is 464 g/mol. The Bertz CT molecular complexity index is 1070. The molecule has 2 aromatic rings. The summed E-state index contributed by atoms with van der Waals surface area (Å²) >= 11 is 0. The molecule has 2 aromatic carbocycles. The summed E-state index contributed by atoms with van der Waals surface area (Å²) < 4.78 is 10.6. The smallest absolute Gasteiger partial charge is 0.442 e. The van der Waals surface area contributed by atoms with E-state index in [1.54, 1.807) is 66.7 Å². The van der Waals surface area contributed by atoms with Crippen molar-refractivity contribution in [2.75, 3.05) is 0 Å². The summed E-state index contributed by atoms with van der Waals surface area (Å²) in [7, 11) is 0. The molecule has 1 amide bonds. The van der Waals surface area contributed by atoms with E-state index in [-0.39, 0.29) is 0 Å². The maximum atomic E-state index is 12.7. The molecule has 0 fully saturated rings. The van der Waals surface area contributed by atoms with E-state index in [0.717, 1.165) is 21.8 Å². The fourth-order valence-electron chi connectivity index (χ4n) is 2.83. The normalized spacial score (nSPS) is 12.5. The maximum Gasteiger partial charge on any atom is 0.534 e. The average molecular weight is 465 g/mol. The number of carbonyl (C=O) groups excluding carboxylic acids is 2. The minimum Gasteiger partial charge on any atom is -0.442 e. The van der Waals surface area contributed by atoms with Gasteiger partial charge in [0, 0.05) is 0 Å². The van der Waals surface area contributed by atoms with Gasteiger partial charge in [0.2, 0.25) is 0 Å². The lowest BCUT2D eigenvalue weighted by atomic mass is 10.0. The van der Waals surface area contributed by atoms with Gasteiger partial charge in [-0.3, -0.25) is 4.84 Å². The van der Waals surface area contributed by atoms with Crippen molar-refractivity contribution in [3.8, 4) is 17.2 Å². The molecule has 2 rings (SSSR count). The van der Waals surface area contributed by atoms with Gasteiger partial charge in [-0.25, -0.2) is 9.59 Å². The number of rotatable bonds is 4. The van der Waals surface area contributed by atoms with Gasteiger partial charge in [0.1, 0.15) is 11.2 Å². The standard InChI is InChI=1S/C27H32N2O5/c1-19(29(24(30)32-26(2,3)4)34-25(31)33-27(5,6)7)11-12-20-9-8-10-23(17-20)22-15-13-21(18-28)14-16-22/h8-17,19H,1-7H3/b12-11+/t19-/m1/s1. The molecular weight excluding hydrogens is 432 g/mol. The Morgan fingerprint density at radius 1 is 0.941 bits per heavy atom. The Balaban J connectivity index is 2.23. The van der Waals surface area contributed by atoms with Gasteiger partial charge in [0.15, 0.2) is 0 Å². The van der Waals surface area contributed by atoms with Crippen LogP contribution in [-0.2, 0) is 14.3 Å². The summed E-state index contributed by atoms with van der Waals surface area (Å²) in [5.41, 5.74) is 1.89. The van der Waals surface area contributed by atoms with Crippen LogP contribution in [0, 0.1) is 11.3 Å². The van der Waals surface area contributed by atoms with Crippen molar-refractivity contribution in [1.82, 2.24) is 5.06 Å². The van der Waals surface area contributed by atoms with Crippen LogP contribution < -0.4 is 0 Å². The molecule has 180 valence electrons. The van der Waals surface area contributed by atoms with Crippen molar-refractivity contribution < 1.29 is 23.9 Å². The molecule has 0 aliphatic carbocycles. The molecule has 0 aromatic heterocycles. The van der Waals surface area contributed by atoms with E-state index in [2.05, 4.69) is 6.07 Å². The van der Waals surface area contributed by atoms with Gasteiger partial charge in [0.05, 0.1) is 17.7 Å².